The molecule has 1 saturated heterocycles. The number of carbonyl (C=O) groups is 1. The van der Waals surface area contributed by atoms with E-state index in [0.717, 1.165) is 24.8 Å². The number of hydrogen-bond acceptors (Lipinski definition) is 8. The van der Waals surface area contributed by atoms with Crippen LogP contribution in [0, 0.1) is 0 Å². The Hall–Kier alpha value is -2.37. The van der Waals surface area contributed by atoms with E-state index in [2.05, 4.69) is 4.98 Å². The Morgan fingerprint density at radius 3 is 2.68 bits per heavy atom. The number of fused-ring (bicyclic) bond motifs is 1. The largest absolute Gasteiger partial charge is 0.462 e. The van der Waals surface area contributed by atoms with Crippen LogP contribution in [-0.2, 0) is 20.8 Å². The standard InChI is InChI=1S/C26H37ClN4O6/c1-18(2)34-15-16-37-25-28-23-22(31(25)17-19-8-10-20(27)11-9-19)24(32)30(26(33)29(23)3)12-6-14-36-21-7-4-5-13-35-21/h8-11,18,21,26,33H,4-7,12-17H2,1-3H3. The third kappa shape index (κ3) is 6.94. The third-order valence-corrected chi connectivity index (χ3v) is 6.59. The summed E-state index contributed by atoms with van der Waals surface area (Å²) in [6.07, 6.45) is 2.33. The van der Waals surface area contributed by atoms with Gasteiger partial charge in [0.15, 0.2) is 17.8 Å². The summed E-state index contributed by atoms with van der Waals surface area (Å²) in [5, 5.41) is 11.6. The number of ether oxygens (including phenoxy) is 4. The maximum absolute atomic E-state index is 13.7. The number of benzene rings is 1. The molecular formula is C26H37ClN4O6. The Bertz CT molecular complexity index is 1020. The minimum atomic E-state index is -1.15. The van der Waals surface area contributed by atoms with Gasteiger partial charge in [0.25, 0.3) is 11.9 Å². The Kier molecular flexibility index (Phi) is 9.66. The normalized spacial score (nSPS) is 20.0. The molecule has 1 fully saturated rings. The van der Waals surface area contributed by atoms with Crippen molar-refractivity contribution in [2.45, 2.75) is 64.8 Å². The molecule has 0 bridgehead atoms. The van der Waals surface area contributed by atoms with Gasteiger partial charge in [-0.1, -0.05) is 23.7 Å². The first kappa shape index (κ1) is 27.7. The highest BCUT2D eigenvalue weighted by atomic mass is 35.5. The van der Waals surface area contributed by atoms with Crippen LogP contribution in [0.15, 0.2) is 24.3 Å². The third-order valence-electron chi connectivity index (χ3n) is 6.34. The van der Waals surface area contributed by atoms with Gasteiger partial charge in [-0.15, -0.1) is 0 Å². The molecule has 10 nitrogen and oxygen atoms in total. The fraction of sp³-hybridized carbons (Fsp3) is 0.615. The predicted octanol–water partition coefficient (Wildman–Crippen LogP) is 3.49. The topological polar surface area (TPSA) is 98.5 Å². The average Bonchev–Trinajstić information content (AvgIpc) is 3.25. The zero-order valence-electron chi connectivity index (χ0n) is 21.8. The summed E-state index contributed by atoms with van der Waals surface area (Å²) < 4.78 is 24.7. The molecule has 2 aromatic rings. The zero-order chi connectivity index (χ0) is 26.4. The number of halogens is 1. The second-order valence-electron chi connectivity index (χ2n) is 9.52. The first-order valence-electron chi connectivity index (χ1n) is 12.9. The number of amides is 1. The average molecular weight is 537 g/mol. The molecule has 1 aromatic carbocycles. The number of aliphatic hydroxyl groups is 1. The minimum Gasteiger partial charge on any atom is -0.462 e. The maximum atomic E-state index is 13.7. The summed E-state index contributed by atoms with van der Waals surface area (Å²) in [4.78, 5) is 21.3. The molecule has 0 radical (unpaired) electrons. The van der Waals surface area contributed by atoms with Gasteiger partial charge in [-0.2, -0.15) is 4.98 Å². The molecule has 2 aliphatic heterocycles. The quantitative estimate of drug-likeness (QED) is 0.412. The summed E-state index contributed by atoms with van der Waals surface area (Å²) in [5.41, 5.74) is 1.29. The molecule has 2 unspecified atom stereocenters. The molecule has 1 aromatic heterocycles. The lowest BCUT2D eigenvalue weighted by atomic mass is 10.2. The number of nitrogens with zero attached hydrogens (tertiary/aromatic N) is 4. The number of hydrogen-bond donors (Lipinski definition) is 1. The van der Waals surface area contributed by atoms with Gasteiger partial charge < -0.3 is 29.0 Å². The Balaban J connectivity index is 1.51. The fourth-order valence-corrected chi connectivity index (χ4v) is 4.52. The van der Waals surface area contributed by atoms with Gasteiger partial charge in [-0.05, 0) is 57.2 Å². The van der Waals surface area contributed by atoms with Crippen LogP contribution < -0.4 is 9.64 Å². The van der Waals surface area contributed by atoms with Gasteiger partial charge in [0, 0.05) is 25.2 Å². The number of aliphatic hydroxyl groups excluding tert-OH is 1. The SMILES string of the molecule is CC(C)OCCOc1nc2c(n1Cc1ccc(Cl)cc1)C(=O)N(CCCOC1CCCCO1)C(O)N2C. The van der Waals surface area contributed by atoms with Crippen molar-refractivity contribution >= 4 is 23.3 Å². The van der Waals surface area contributed by atoms with Gasteiger partial charge in [-0.25, -0.2) is 0 Å². The minimum absolute atomic E-state index is 0.0793. The first-order chi connectivity index (χ1) is 17.8. The first-order valence-corrected chi connectivity index (χ1v) is 13.3. The van der Waals surface area contributed by atoms with E-state index < -0.39 is 6.35 Å². The molecule has 0 saturated carbocycles. The van der Waals surface area contributed by atoms with E-state index in [1.807, 2.05) is 26.0 Å². The lowest BCUT2D eigenvalue weighted by Gasteiger charge is -2.38. The van der Waals surface area contributed by atoms with Gasteiger partial charge in [0.2, 0.25) is 6.35 Å². The molecule has 0 spiro atoms. The molecular weight excluding hydrogens is 500 g/mol. The van der Waals surface area contributed by atoms with Crippen LogP contribution in [0.4, 0.5) is 5.82 Å². The van der Waals surface area contributed by atoms with E-state index in [1.54, 1.807) is 28.6 Å². The van der Waals surface area contributed by atoms with Crippen molar-refractivity contribution in [2.24, 2.45) is 0 Å². The molecule has 0 aliphatic carbocycles. The summed E-state index contributed by atoms with van der Waals surface area (Å²) in [7, 11) is 1.71. The maximum Gasteiger partial charge on any atom is 0.299 e. The van der Waals surface area contributed by atoms with Crippen LogP contribution >= 0.6 is 11.6 Å². The molecule has 37 heavy (non-hydrogen) atoms. The summed E-state index contributed by atoms with van der Waals surface area (Å²) in [5.74, 6) is 0.0543. The molecule has 2 atom stereocenters. The van der Waals surface area contributed by atoms with Crippen molar-refractivity contribution in [2.75, 3.05) is 44.9 Å². The Morgan fingerprint density at radius 1 is 1.19 bits per heavy atom. The second kappa shape index (κ2) is 12.9. The number of anilines is 1. The van der Waals surface area contributed by atoms with E-state index in [9.17, 15) is 9.90 Å². The number of imidazole rings is 1. The molecule has 4 rings (SSSR count). The van der Waals surface area contributed by atoms with Crippen LogP contribution in [0.25, 0.3) is 0 Å². The van der Waals surface area contributed by atoms with E-state index in [4.69, 9.17) is 30.5 Å². The number of rotatable bonds is 12. The molecule has 11 heteroatoms. The van der Waals surface area contributed by atoms with Gasteiger partial charge in [0.05, 0.1) is 25.9 Å². The smallest absolute Gasteiger partial charge is 0.299 e. The van der Waals surface area contributed by atoms with Crippen LogP contribution in [0.1, 0.15) is 55.6 Å². The van der Waals surface area contributed by atoms with E-state index in [-0.39, 0.29) is 24.9 Å². The van der Waals surface area contributed by atoms with Crippen molar-refractivity contribution in [1.82, 2.24) is 14.5 Å². The highest BCUT2D eigenvalue weighted by Gasteiger charge is 2.40. The van der Waals surface area contributed by atoms with E-state index in [1.165, 1.54) is 4.90 Å². The number of carbonyl (C=O) groups excluding carboxylic acids is 1. The van der Waals surface area contributed by atoms with Crippen LogP contribution in [-0.4, -0.2) is 84.2 Å². The van der Waals surface area contributed by atoms with Gasteiger partial charge >= 0.3 is 0 Å². The van der Waals surface area contributed by atoms with Crippen molar-refractivity contribution in [3.8, 4) is 6.01 Å². The highest BCUT2D eigenvalue weighted by molar-refractivity contribution is 6.30. The van der Waals surface area contributed by atoms with Crippen molar-refractivity contribution in [1.29, 1.82) is 0 Å². The Morgan fingerprint density at radius 2 is 1.97 bits per heavy atom. The van der Waals surface area contributed by atoms with Crippen molar-refractivity contribution in [3.05, 3.63) is 40.5 Å². The van der Waals surface area contributed by atoms with Crippen LogP contribution in [0.2, 0.25) is 5.02 Å². The monoisotopic (exact) mass is 536 g/mol. The van der Waals surface area contributed by atoms with Gasteiger partial charge in [-0.3, -0.25) is 14.3 Å². The molecule has 3 heterocycles. The molecule has 1 N–H and O–H groups in total. The van der Waals surface area contributed by atoms with Crippen molar-refractivity contribution < 1.29 is 28.8 Å². The fourth-order valence-electron chi connectivity index (χ4n) is 4.39. The molecule has 1 amide bonds. The summed E-state index contributed by atoms with van der Waals surface area (Å²) in [6, 6.07) is 7.69. The van der Waals surface area contributed by atoms with E-state index in [0.29, 0.717) is 61.9 Å². The summed E-state index contributed by atoms with van der Waals surface area (Å²) >= 11 is 6.07. The van der Waals surface area contributed by atoms with Crippen molar-refractivity contribution in [3.63, 3.8) is 0 Å². The number of aromatic nitrogens is 2. The molecule has 204 valence electrons. The second-order valence-corrected chi connectivity index (χ2v) is 9.96. The predicted molar refractivity (Wildman–Crippen MR) is 139 cm³/mol. The Labute approximate surface area is 223 Å². The molecule has 2 aliphatic rings. The van der Waals surface area contributed by atoms with Crippen LogP contribution in [0.5, 0.6) is 6.01 Å². The van der Waals surface area contributed by atoms with Gasteiger partial charge in [0.1, 0.15) is 6.61 Å². The van der Waals surface area contributed by atoms with Crippen LogP contribution in [0.3, 0.4) is 0 Å². The lowest BCUT2D eigenvalue weighted by Crippen LogP contribution is -2.54. The highest BCUT2D eigenvalue weighted by Crippen LogP contribution is 2.33. The summed E-state index contributed by atoms with van der Waals surface area (Å²) in [6.45, 7) is 6.40. The van der Waals surface area contributed by atoms with E-state index >= 15 is 0 Å². The lowest BCUT2D eigenvalue weighted by molar-refractivity contribution is -0.163. The zero-order valence-corrected chi connectivity index (χ0v) is 22.5.